The second-order valence-corrected chi connectivity index (χ2v) is 4.81. The van der Waals surface area contributed by atoms with Gasteiger partial charge in [0.1, 0.15) is 11.3 Å². The van der Waals surface area contributed by atoms with Gasteiger partial charge < -0.3 is 0 Å². The number of pyridine rings is 1. The van der Waals surface area contributed by atoms with Crippen LogP contribution in [0.25, 0.3) is 16.9 Å². The number of nitrogens with zero attached hydrogens (tertiary/aromatic N) is 2. The van der Waals surface area contributed by atoms with E-state index in [0.717, 1.165) is 6.20 Å². The van der Waals surface area contributed by atoms with Crippen LogP contribution in [0, 0.1) is 0 Å². The van der Waals surface area contributed by atoms with Crippen molar-refractivity contribution in [3.63, 3.8) is 0 Å². The maximum Gasteiger partial charge on any atom is 0.433 e. The summed E-state index contributed by atoms with van der Waals surface area (Å²) in [5.41, 5.74) is -2.80. The lowest BCUT2D eigenvalue weighted by molar-refractivity contribution is -0.141. The molecule has 0 saturated carbocycles. The van der Waals surface area contributed by atoms with Crippen LogP contribution in [-0.4, -0.2) is 9.38 Å². The van der Waals surface area contributed by atoms with Gasteiger partial charge in [-0.2, -0.15) is 26.3 Å². The highest BCUT2D eigenvalue weighted by Crippen LogP contribution is 2.38. The van der Waals surface area contributed by atoms with Crippen molar-refractivity contribution in [3.05, 3.63) is 59.9 Å². The predicted molar refractivity (Wildman–Crippen MR) is 70.6 cm³/mol. The fourth-order valence-corrected chi connectivity index (χ4v) is 2.29. The summed E-state index contributed by atoms with van der Waals surface area (Å²) >= 11 is 0. The van der Waals surface area contributed by atoms with E-state index >= 15 is 0 Å². The zero-order valence-electron chi connectivity index (χ0n) is 11.3. The largest absolute Gasteiger partial charge is 0.433 e. The Labute approximate surface area is 126 Å². The molecule has 0 saturated heterocycles. The number of hydrogen-bond donors (Lipinski definition) is 0. The molecule has 2 heterocycles. The van der Waals surface area contributed by atoms with Gasteiger partial charge in [0.25, 0.3) is 0 Å². The van der Waals surface area contributed by atoms with E-state index in [0.29, 0.717) is 16.5 Å². The molecule has 0 bridgehead atoms. The molecule has 120 valence electrons. The zero-order valence-corrected chi connectivity index (χ0v) is 11.3. The van der Waals surface area contributed by atoms with Crippen LogP contribution >= 0.6 is 0 Å². The van der Waals surface area contributed by atoms with Crippen LogP contribution in [0.2, 0.25) is 0 Å². The van der Waals surface area contributed by atoms with Crippen LogP contribution in [0.3, 0.4) is 0 Å². The lowest BCUT2D eigenvalue weighted by Crippen LogP contribution is -2.11. The molecule has 0 aliphatic rings. The van der Waals surface area contributed by atoms with Crippen LogP contribution in [0.5, 0.6) is 0 Å². The van der Waals surface area contributed by atoms with Gasteiger partial charge in [-0.05, 0) is 12.1 Å². The van der Waals surface area contributed by atoms with Gasteiger partial charge >= 0.3 is 12.4 Å². The molecule has 0 fully saturated rings. The SMILES string of the molecule is FC(F)(F)c1ccn2c(C(F)(F)F)c(-c3ccccc3)nc2c1. The van der Waals surface area contributed by atoms with E-state index in [2.05, 4.69) is 4.98 Å². The molecular weight excluding hydrogens is 322 g/mol. The van der Waals surface area contributed by atoms with E-state index in [1.807, 2.05) is 0 Å². The van der Waals surface area contributed by atoms with E-state index in [1.54, 1.807) is 6.07 Å². The first kappa shape index (κ1) is 15.4. The van der Waals surface area contributed by atoms with Gasteiger partial charge in [0.15, 0.2) is 5.69 Å². The molecule has 0 spiro atoms. The Hall–Kier alpha value is -2.51. The third-order valence-electron chi connectivity index (χ3n) is 3.27. The third kappa shape index (κ3) is 2.76. The molecule has 0 N–H and O–H groups in total. The summed E-state index contributed by atoms with van der Waals surface area (Å²) < 4.78 is 78.8. The molecular formula is C15H8F6N2. The second-order valence-electron chi connectivity index (χ2n) is 4.81. The molecule has 0 aliphatic heterocycles. The van der Waals surface area contributed by atoms with Crippen molar-refractivity contribution in [2.75, 3.05) is 0 Å². The molecule has 3 aromatic rings. The van der Waals surface area contributed by atoms with Crippen molar-refractivity contribution in [3.8, 4) is 11.3 Å². The molecule has 1 aromatic carbocycles. The minimum atomic E-state index is -4.76. The quantitative estimate of drug-likeness (QED) is 0.572. The fraction of sp³-hybridized carbons (Fsp3) is 0.133. The highest BCUT2D eigenvalue weighted by molar-refractivity contribution is 5.67. The Morgan fingerprint density at radius 3 is 2.04 bits per heavy atom. The first-order valence-electron chi connectivity index (χ1n) is 6.40. The van der Waals surface area contributed by atoms with E-state index in [1.165, 1.54) is 24.3 Å². The molecule has 23 heavy (non-hydrogen) atoms. The Bertz CT molecular complexity index is 846. The Morgan fingerprint density at radius 1 is 0.826 bits per heavy atom. The lowest BCUT2D eigenvalue weighted by Gasteiger charge is -2.10. The number of rotatable bonds is 1. The molecule has 0 amide bonds. The third-order valence-corrected chi connectivity index (χ3v) is 3.27. The van der Waals surface area contributed by atoms with Crippen molar-refractivity contribution in [1.82, 2.24) is 9.38 Å². The Balaban J connectivity index is 2.31. The summed E-state index contributed by atoms with van der Waals surface area (Å²) in [5, 5.41) is 0. The zero-order chi connectivity index (χ0) is 16.8. The lowest BCUT2D eigenvalue weighted by atomic mass is 10.1. The standard InChI is InChI=1S/C15H8F6N2/c16-14(17,18)10-6-7-23-11(8-10)22-12(13(23)15(19,20)21)9-4-2-1-3-5-9/h1-8H. The maximum absolute atomic E-state index is 13.3. The van der Waals surface area contributed by atoms with Gasteiger partial charge in [0.2, 0.25) is 0 Å². The predicted octanol–water partition coefficient (Wildman–Crippen LogP) is 5.04. The monoisotopic (exact) mass is 330 g/mol. The van der Waals surface area contributed by atoms with Crippen LogP contribution in [-0.2, 0) is 12.4 Å². The molecule has 0 aliphatic carbocycles. The van der Waals surface area contributed by atoms with Gasteiger partial charge in [-0.25, -0.2) is 4.98 Å². The molecule has 0 radical (unpaired) electrons. The van der Waals surface area contributed by atoms with Crippen molar-refractivity contribution in [2.24, 2.45) is 0 Å². The summed E-state index contributed by atoms with van der Waals surface area (Å²) in [6, 6.07) is 8.71. The van der Waals surface area contributed by atoms with Crippen LogP contribution in [0.4, 0.5) is 26.3 Å². The fourth-order valence-electron chi connectivity index (χ4n) is 2.29. The van der Waals surface area contributed by atoms with Crippen molar-refractivity contribution < 1.29 is 26.3 Å². The van der Waals surface area contributed by atoms with E-state index in [4.69, 9.17) is 0 Å². The minimum absolute atomic E-state index is 0.178. The van der Waals surface area contributed by atoms with Crippen LogP contribution < -0.4 is 0 Å². The minimum Gasteiger partial charge on any atom is -0.295 e. The van der Waals surface area contributed by atoms with Gasteiger partial charge in [0, 0.05) is 11.8 Å². The van der Waals surface area contributed by atoms with Crippen molar-refractivity contribution in [2.45, 2.75) is 12.4 Å². The first-order chi connectivity index (χ1) is 10.7. The van der Waals surface area contributed by atoms with Crippen LogP contribution in [0.15, 0.2) is 48.7 Å². The van der Waals surface area contributed by atoms with E-state index < -0.39 is 35.0 Å². The van der Waals surface area contributed by atoms with Crippen molar-refractivity contribution in [1.29, 1.82) is 0 Å². The number of fused-ring (bicyclic) bond motifs is 1. The smallest absolute Gasteiger partial charge is 0.295 e. The Morgan fingerprint density at radius 2 is 1.48 bits per heavy atom. The molecule has 2 nitrogen and oxygen atoms in total. The average molecular weight is 330 g/mol. The van der Waals surface area contributed by atoms with E-state index in [-0.39, 0.29) is 5.56 Å². The summed E-state index contributed by atoms with van der Waals surface area (Å²) in [4.78, 5) is 3.77. The second kappa shape index (κ2) is 5.00. The van der Waals surface area contributed by atoms with Gasteiger partial charge in [0.05, 0.1) is 5.56 Å². The first-order valence-corrected chi connectivity index (χ1v) is 6.40. The average Bonchev–Trinajstić information content (AvgIpc) is 2.85. The molecule has 2 aromatic heterocycles. The number of benzene rings is 1. The number of halogens is 6. The van der Waals surface area contributed by atoms with Gasteiger partial charge in [-0.1, -0.05) is 30.3 Å². The van der Waals surface area contributed by atoms with Crippen LogP contribution in [0.1, 0.15) is 11.3 Å². The number of alkyl halides is 6. The number of imidazole rings is 1. The maximum atomic E-state index is 13.3. The highest BCUT2D eigenvalue weighted by Gasteiger charge is 2.39. The molecule has 0 unspecified atom stereocenters. The number of hydrogen-bond acceptors (Lipinski definition) is 1. The number of aromatic nitrogens is 2. The highest BCUT2D eigenvalue weighted by atomic mass is 19.4. The topological polar surface area (TPSA) is 17.3 Å². The molecule has 8 heteroatoms. The Kier molecular flexibility index (Phi) is 3.35. The normalized spacial score (nSPS) is 12.8. The van der Waals surface area contributed by atoms with Gasteiger partial charge in [-0.15, -0.1) is 0 Å². The van der Waals surface area contributed by atoms with Gasteiger partial charge in [-0.3, -0.25) is 4.40 Å². The summed E-state index contributed by atoms with van der Waals surface area (Å²) in [5.74, 6) is 0. The van der Waals surface area contributed by atoms with Crippen molar-refractivity contribution >= 4 is 5.65 Å². The summed E-state index contributed by atoms with van der Waals surface area (Å²) in [7, 11) is 0. The summed E-state index contributed by atoms with van der Waals surface area (Å²) in [6.45, 7) is 0. The molecule has 0 atom stereocenters. The molecule has 3 rings (SSSR count). The van der Waals surface area contributed by atoms with E-state index in [9.17, 15) is 26.3 Å². The summed E-state index contributed by atoms with van der Waals surface area (Å²) in [6.07, 6.45) is -8.68.